The summed E-state index contributed by atoms with van der Waals surface area (Å²) in [5.74, 6) is 3.51. The maximum absolute atomic E-state index is 4.70. The minimum absolute atomic E-state index is 0.849. The molecule has 2 aromatic rings. The second kappa shape index (κ2) is 4.73. The van der Waals surface area contributed by atoms with Crippen molar-refractivity contribution in [3.05, 3.63) is 35.8 Å². The molecule has 0 amide bonds. The Hall–Kier alpha value is -0.960. The van der Waals surface area contributed by atoms with Crippen LogP contribution in [0.2, 0.25) is 0 Å². The third-order valence-electron chi connectivity index (χ3n) is 3.49. The summed E-state index contributed by atoms with van der Waals surface area (Å²) in [5.41, 5.74) is 3.62. The topological polar surface area (TPSA) is 17.3 Å². The third-order valence-corrected chi connectivity index (χ3v) is 4.54. The lowest BCUT2D eigenvalue weighted by Crippen LogP contribution is -2.12. The fraction of sp³-hybridized carbons (Fsp3) is 0.500. The van der Waals surface area contributed by atoms with Gasteiger partial charge in [0.25, 0.3) is 0 Å². The van der Waals surface area contributed by atoms with Crippen molar-refractivity contribution in [2.75, 3.05) is 11.5 Å². The van der Waals surface area contributed by atoms with Crippen molar-refractivity contribution in [3.8, 4) is 0 Å². The summed E-state index contributed by atoms with van der Waals surface area (Å²) in [7, 11) is 0. The Morgan fingerprint density at radius 3 is 2.94 bits per heavy atom. The normalized spacial score (nSPS) is 17.7. The number of aryl methyl sites for hydroxylation is 1. The largest absolute Gasteiger partial charge is 0.307 e. The summed E-state index contributed by atoms with van der Waals surface area (Å²) in [5, 5.41) is 0. The third kappa shape index (κ3) is 2.49. The number of hydrogen-bond acceptors (Lipinski definition) is 2. The van der Waals surface area contributed by atoms with Crippen molar-refractivity contribution < 1.29 is 0 Å². The van der Waals surface area contributed by atoms with E-state index in [0.29, 0.717) is 0 Å². The molecule has 0 aromatic carbocycles. The first kappa shape index (κ1) is 11.1. The number of pyridine rings is 1. The molecule has 3 heterocycles. The van der Waals surface area contributed by atoms with E-state index < -0.39 is 0 Å². The van der Waals surface area contributed by atoms with Crippen molar-refractivity contribution >= 4 is 17.4 Å². The first-order chi connectivity index (χ1) is 8.31. The summed E-state index contributed by atoms with van der Waals surface area (Å²) in [4.78, 5) is 4.70. The van der Waals surface area contributed by atoms with Crippen LogP contribution in [0.15, 0.2) is 24.5 Å². The van der Waals surface area contributed by atoms with E-state index >= 15 is 0 Å². The number of imidazole rings is 1. The van der Waals surface area contributed by atoms with Gasteiger partial charge in [-0.05, 0) is 55.2 Å². The molecule has 3 rings (SSSR count). The highest BCUT2D eigenvalue weighted by Crippen LogP contribution is 2.25. The molecule has 0 atom stereocenters. The average molecular weight is 246 g/mol. The van der Waals surface area contributed by atoms with Crippen LogP contribution in [-0.4, -0.2) is 20.9 Å². The van der Waals surface area contributed by atoms with Crippen molar-refractivity contribution in [2.24, 2.45) is 5.92 Å². The molecule has 1 fully saturated rings. The van der Waals surface area contributed by atoms with Crippen molar-refractivity contribution in [1.82, 2.24) is 9.38 Å². The Morgan fingerprint density at radius 1 is 1.29 bits per heavy atom. The molecule has 90 valence electrons. The highest BCUT2D eigenvalue weighted by Gasteiger charge is 2.15. The Kier molecular flexibility index (Phi) is 3.10. The van der Waals surface area contributed by atoms with Gasteiger partial charge in [0.1, 0.15) is 5.65 Å². The minimum atomic E-state index is 0.849. The molecule has 1 aliphatic rings. The standard InChI is InChI=1S/C14H18N2S/c1-11-2-3-14-15-13(10-16(14)9-11)8-12-4-6-17-7-5-12/h2-3,9-10,12H,4-8H2,1H3. The van der Waals surface area contributed by atoms with Gasteiger partial charge in [-0.3, -0.25) is 0 Å². The molecule has 0 bridgehead atoms. The zero-order valence-corrected chi connectivity index (χ0v) is 11.0. The summed E-state index contributed by atoms with van der Waals surface area (Å²) < 4.78 is 2.16. The van der Waals surface area contributed by atoms with Gasteiger partial charge in [-0.1, -0.05) is 6.07 Å². The number of aromatic nitrogens is 2. The van der Waals surface area contributed by atoms with Gasteiger partial charge in [0, 0.05) is 12.4 Å². The molecule has 17 heavy (non-hydrogen) atoms. The average Bonchev–Trinajstić information content (AvgIpc) is 2.71. The van der Waals surface area contributed by atoms with Gasteiger partial charge in [-0.15, -0.1) is 0 Å². The number of hydrogen-bond donors (Lipinski definition) is 0. The second-order valence-electron chi connectivity index (χ2n) is 4.96. The van der Waals surface area contributed by atoms with Crippen molar-refractivity contribution in [1.29, 1.82) is 0 Å². The molecular formula is C14H18N2S. The van der Waals surface area contributed by atoms with Gasteiger partial charge < -0.3 is 4.40 Å². The van der Waals surface area contributed by atoms with Gasteiger partial charge in [-0.25, -0.2) is 4.98 Å². The molecule has 0 spiro atoms. The van der Waals surface area contributed by atoms with E-state index in [1.807, 2.05) is 0 Å². The molecule has 0 aliphatic carbocycles. The molecule has 2 nitrogen and oxygen atoms in total. The Bertz CT molecular complexity index is 512. The van der Waals surface area contributed by atoms with E-state index in [0.717, 1.165) is 18.0 Å². The molecule has 0 unspecified atom stereocenters. The first-order valence-electron chi connectivity index (χ1n) is 6.33. The van der Waals surface area contributed by atoms with Crippen LogP contribution in [0.25, 0.3) is 5.65 Å². The fourth-order valence-electron chi connectivity index (χ4n) is 2.50. The summed E-state index contributed by atoms with van der Waals surface area (Å²) in [6.07, 6.45) is 8.23. The lowest BCUT2D eigenvalue weighted by molar-refractivity contribution is 0.483. The lowest BCUT2D eigenvalue weighted by Gasteiger charge is -2.19. The first-order valence-corrected chi connectivity index (χ1v) is 7.49. The van der Waals surface area contributed by atoms with Crippen LogP contribution in [-0.2, 0) is 6.42 Å². The van der Waals surface area contributed by atoms with Crippen molar-refractivity contribution in [2.45, 2.75) is 26.2 Å². The van der Waals surface area contributed by atoms with E-state index in [9.17, 15) is 0 Å². The van der Waals surface area contributed by atoms with Gasteiger partial charge in [0.05, 0.1) is 5.69 Å². The second-order valence-corrected chi connectivity index (χ2v) is 6.19. The fourth-order valence-corrected chi connectivity index (χ4v) is 3.70. The predicted octanol–water partition coefficient (Wildman–Crippen LogP) is 3.33. The summed E-state index contributed by atoms with van der Waals surface area (Å²) in [6.45, 7) is 2.12. The molecule has 1 aliphatic heterocycles. The molecule has 1 saturated heterocycles. The van der Waals surface area contributed by atoms with Gasteiger partial charge in [0.2, 0.25) is 0 Å². The van der Waals surface area contributed by atoms with Crippen LogP contribution in [0.1, 0.15) is 24.1 Å². The quantitative estimate of drug-likeness (QED) is 0.808. The van der Waals surface area contributed by atoms with Crippen LogP contribution in [0.4, 0.5) is 0 Å². The van der Waals surface area contributed by atoms with E-state index in [1.54, 1.807) is 0 Å². The predicted molar refractivity (Wildman–Crippen MR) is 73.7 cm³/mol. The molecular weight excluding hydrogens is 228 g/mol. The van der Waals surface area contributed by atoms with Crippen LogP contribution in [0.3, 0.4) is 0 Å². The maximum atomic E-state index is 4.70. The SMILES string of the molecule is Cc1ccc2nc(CC3CCSCC3)cn2c1. The smallest absolute Gasteiger partial charge is 0.136 e. The van der Waals surface area contributed by atoms with Crippen LogP contribution in [0, 0.1) is 12.8 Å². The van der Waals surface area contributed by atoms with E-state index in [4.69, 9.17) is 4.98 Å². The number of fused-ring (bicyclic) bond motifs is 1. The zero-order valence-electron chi connectivity index (χ0n) is 10.2. The van der Waals surface area contributed by atoms with Gasteiger partial charge in [-0.2, -0.15) is 11.8 Å². The Labute approximate surface area is 106 Å². The molecule has 2 aromatic heterocycles. The molecule has 0 radical (unpaired) electrons. The Balaban J connectivity index is 1.80. The van der Waals surface area contributed by atoms with Gasteiger partial charge >= 0.3 is 0 Å². The van der Waals surface area contributed by atoms with Crippen LogP contribution < -0.4 is 0 Å². The monoisotopic (exact) mass is 246 g/mol. The zero-order chi connectivity index (χ0) is 11.7. The van der Waals surface area contributed by atoms with E-state index in [-0.39, 0.29) is 0 Å². The van der Waals surface area contributed by atoms with Crippen LogP contribution in [0.5, 0.6) is 0 Å². The number of nitrogens with zero attached hydrogens (tertiary/aromatic N) is 2. The highest BCUT2D eigenvalue weighted by atomic mass is 32.2. The van der Waals surface area contributed by atoms with Crippen LogP contribution >= 0.6 is 11.8 Å². The molecule has 0 saturated carbocycles. The summed E-state index contributed by atoms with van der Waals surface area (Å²) >= 11 is 2.09. The van der Waals surface area contributed by atoms with Gasteiger partial charge in [0.15, 0.2) is 0 Å². The molecule has 0 N–H and O–H groups in total. The minimum Gasteiger partial charge on any atom is -0.307 e. The van der Waals surface area contributed by atoms with E-state index in [1.165, 1.54) is 35.6 Å². The number of rotatable bonds is 2. The highest BCUT2D eigenvalue weighted by molar-refractivity contribution is 7.99. The Morgan fingerprint density at radius 2 is 2.12 bits per heavy atom. The van der Waals surface area contributed by atoms with Crippen molar-refractivity contribution in [3.63, 3.8) is 0 Å². The summed E-state index contributed by atoms with van der Waals surface area (Å²) in [6, 6.07) is 4.24. The van der Waals surface area contributed by atoms with E-state index in [2.05, 4.69) is 47.6 Å². The lowest BCUT2D eigenvalue weighted by atomic mass is 9.97. The maximum Gasteiger partial charge on any atom is 0.136 e. The number of thioether (sulfide) groups is 1. The molecule has 3 heteroatoms.